The molecule has 6 rings (SSSR count). The average Bonchev–Trinajstić information content (AvgIpc) is 4.17. The molecule has 1 aliphatic heterocycles. The van der Waals surface area contributed by atoms with Gasteiger partial charge in [0.1, 0.15) is 29.7 Å². The van der Waals surface area contributed by atoms with Gasteiger partial charge in [-0.15, -0.1) is 23.4 Å². The Balaban J connectivity index is 0.915. The van der Waals surface area contributed by atoms with Crippen LogP contribution in [-0.4, -0.2) is 127 Å². The van der Waals surface area contributed by atoms with Gasteiger partial charge in [0.25, 0.3) is 0 Å². The summed E-state index contributed by atoms with van der Waals surface area (Å²) in [6.45, 7) is 1.39. The summed E-state index contributed by atoms with van der Waals surface area (Å²) < 4.78 is 12.9. The molecule has 2 unspecified atom stereocenters. The van der Waals surface area contributed by atoms with Gasteiger partial charge >= 0.3 is 6.03 Å². The van der Waals surface area contributed by atoms with Crippen LogP contribution < -0.4 is 20.7 Å². The fourth-order valence-corrected chi connectivity index (χ4v) is 8.69. The van der Waals surface area contributed by atoms with Gasteiger partial charge in [0.2, 0.25) is 5.91 Å². The Morgan fingerprint density at radius 3 is 2.50 bits per heavy atom. The summed E-state index contributed by atoms with van der Waals surface area (Å²) >= 11 is 8.56. The van der Waals surface area contributed by atoms with Crippen LogP contribution in [0.1, 0.15) is 63.0 Å². The molecular weight excluding hydrogens is 786 g/mol. The number of alkyl halides is 1. The molecule has 1 saturated heterocycles. The van der Waals surface area contributed by atoms with Gasteiger partial charge in [0.05, 0.1) is 31.2 Å². The van der Waals surface area contributed by atoms with Crippen molar-refractivity contribution >= 4 is 35.3 Å². The highest BCUT2D eigenvalue weighted by Gasteiger charge is 2.57. The average molecular weight is 842 g/mol. The number of para-hydroxylation sites is 1. The number of halogens is 1. The number of ether oxygens (including phenoxy) is 2. The van der Waals surface area contributed by atoms with Gasteiger partial charge in [-0.25, -0.2) is 4.79 Å². The minimum atomic E-state index is -2.11. The van der Waals surface area contributed by atoms with Crippen LogP contribution >= 0.6 is 23.4 Å². The number of rotatable bonds is 21. The largest absolute Gasteiger partial charge is 0.490 e. The first kappa shape index (κ1) is 44.1. The van der Waals surface area contributed by atoms with Crippen LogP contribution in [0.4, 0.5) is 4.79 Å². The molecule has 3 fully saturated rings. The van der Waals surface area contributed by atoms with Crippen LogP contribution in [0.3, 0.4) is 0 Å². The van der Waals surface area contributed by atoms with Crippen molar-refractivity contribution in [3.63, 3.8) is 0 Å². The molecule has 3 aliphatic rings. The highest BCUT2D eigenvalue weighted by atomic mass is 35.5. The molecule has 6 atom stereocenters. The van der Waals surface area contributed by atoms with E-state index in [1.807, 2.05) is 36.5 Å². The van der Waals surface area contributed by atoms with Crippen LogP contribution in [-0.2, 0) is 21.7 Å². The van der Waals surface area contributed by atoms with Crippen molar-refractivity contribution in [3.8, 4) is 16.9 Å². The van der Waals surface area contributed by atoms with Crippen LogP contribution in [0, 0.1) is 0 Å². The Labute approximate surface area is 348 Å². The molecule has 316 valence electrons. The Bertz CT molecular complexity index is 1830. The quantitative estimate of drug-likeness (QED) is 0.0443. The number of carbonyl (C=O) groups excluding carboxylic acids is 2. The monoisotopic (exact) mass is 841 g/mol. The van der Waals surface area contributed by atoms with Gasteiger partial charge in [0.15, 0.2) is 5.72 Å². The summed E-state index contributed by atoms with van der Waals surface area (Å²) in [5.74, 6) is 1.29. The van der Waals surface area contributed by atoms with E-state index in [-0.39, 0.29) is 36.6 Å². The zero-order valence-corrected chi connectivity index (χ0v) is 34.3. The minimum Gasteiger partial charge on any atom is -0.490 e. The molecular formula is C42H56ClN5O9S. The number of nitrogens with zero attached hydrogens (tertiary/aromatic N) is 2. The standard InChI is InChI=1S/C42H56ClN5O9S/c1-27(50)46-26-42(55,39(53)38(52)35(51)24-49)48-18-14-29(15-19-48)47-40(54)45-16-4-5-20-58-31-8-6-7-28(21-31)25-56-41(22-37(41)43)34-23-44-17-13-32(34)33-9-2-3-10-36(33)57-30-11-12-30/h2-3,6-10,13,17,21,23,29-30,35,37-39,49,51-53,55H,4-5,11-12,14-16,18-20,22,24-26H2,1H3,(H,46,50)(H2,45,47,54)/t35-,37?,38-,39-,41?,42+/m1/s1. The first-order valence-electron chi connectivity index (χ1n) is 20.0. The molecule has 0 bridgehead atoms. The summed E-state index contributed by atoms with van der Waals surface area (Å²) in [6, 6.07) is 18.0. The molecule has 3 amide bonds. The highest BCUT2D eigenvalue weighted by molar-refractivity contribution is 7.99. The van der Waals surface area contributed by atoms with E-state index in [0.717, 1.165) is 64.3 Å². The number of aromatic nitrogens is 1. The lowest BCUT2D eigenvalue weighted by atomic mass is 9.92. The molecule has 2 saturated carbocycles. The van der Waals surface area contributed by atoms with E-state index in [0.29, 0.717) is 32.4 Å². The number of likely N-dealkylation sites (tertiary alicyclic amines) is 1. The third kappa shape index (κ3) is 11.2. The molecule has 8 N–H and O–H groups in total. The predicted octanol–water partition coefficient (Wildman–Crippen LogP) is 3.25. The van der Waals surface area contributed by atoms with Crippen molar-refractivity contribution in [2.24, 2.45) is 0 Å². The number of hydrogen-bond donors (Lipinski definition) is 8. The number of aliphatic hydroxyl groups excluding tert-OH is 4. The maximum atomic E-state index is 12.7. The van der Waals surface area contributed by atoms with Crippen LogP contribution in [0.5, 0.6) is 5.75 Å². The van der Waals surface area contributed by atoms with Gasteiger partial charge < -0.3 is 51.0 Å². The van der Waals surface area contributed by atoms with Crippen LogP contribution in [0.25, 0.3) is 11.1 Å². The number of carbonyl (C=O) groups is 2. The van der Waals surface area contributed by atoms with Crippen LogP contribution in [0.15, 0.2) is 71.9 Å². The normalized spacial score (nSPS) is 22.3. The molecule has 2 aromatic carbocycles. The minimum absolute atomic E-state index is 0.169. The number of nitrogens with one attached hydrogen (secondary N) is 3. The summed E-state index contributed by atoms with van der Waals surface area (Å²) in [4.78, 5) is 31.3. The van der Waals surface area contributed by atoms with Gasteiger partial charge in [-0.1, -0.05) is 30.3 Å². The summed E-state index contributed by atoms with van der Waals surface area (Å²) in [5.41, 5.74) is 1.31. The molecule has 0 spiro atoms. The maximum Gasteiger partial charge on any atom is 0.315 e. The van der Waals surface area contributed by atoms with Gasteiger partial charge in [-0.2, -0.15) is 0 Å². The summed E-state index contributed by atoms with van der Waals surface area (Å²) in [5, 5.41) is 59.6. The second-order valence-corrected chi connectivity index (χ2v) is 17.1. The molecule has 1 aromatic heterocycles. The Morgan fingerprint density at radius 1 is 1.03 bits per heavy atom. The number of thioether (sulfide) groups is 1. The summed E-state index contributed by atoms with van der Waals surface area (Å²) in [7, 11) is 0. The lowest BCUT2D eigenvalue weighted by molar-refractivity contribution is -0.223. The van der Waals surface area contributed by atoms with Crippen molar-refractivity contribution in [2.75, 3.05) is 38.5 Å². The van der Waals surface area contributed by atoms with Gasteiger partial charge in [-0.05, 0) is 79.7 Å². The smallest absolute Gasteiger partial charge is 0.315 e. The second kappa shape index (κ2) is 20.2. The Morgan fingerprint density at radius 2 is 1.79 bits per heavy atom. The third-order valence-electron chi connectivity index (χ3n) is 11.0. The number of unbranched alkanes of at least 4 members (excludes halogenated alkanes) is 1. The fourth-order valence-electron chi connectivity index (χ4n) is 7.29. The number of hydrogen-bond acceptors (Lipinski definition) is 12. The number of piperidine rings is 1. The van der Waals surface area contributed by atoms with Crippen LogP contribution in [0.2, 0.25) is 0 Å². The number of amides is 3. The van der Waals surface area contributed by atoms with Crippen molar-refractivity contribution in [1.29, 1.82) is 0 Å². The van der Waals surface area contributed by atoms with E-state index in [1.165, 1.54) is 11.8 Å². The lowest BCUT2D eigenvalue weighted by Crippen LogP contribution is -2.68. The van der Waals surface area contributed by atoms with Gasteiger partial charge in [-0.3, -0.25) is 14.7 Å². The van der Waals surface area contributed by atoms with E-state index in [1.54, 1.807) is 18.0 Å². The molecule has 14 nitrogen and oxygen atoms in total. The molecule has 16 heteroatoms. The molecule has 2 aliphatic carbocycles. The number of benzene rings is 2. The Kier molecular flexibility index (Phi) is 15.3. The van der Waals surface area contributed by atoms with Crippen molar-refractivity contribution in [2.45, 2.75) is 111 Å². The fraction of sp³-hybridized carbons (Fsp3) is 0.548. The first-order valence-corrected chi connectivity index (χ1v) is 21.5. The zero-order valence-electron chi connectivity index (χ0n) is 32.8. The Hall–Kier alpha value is -3.51. The third-order valence-corrected chi connectivity index (χ3v) is 12.6. The predicted molar refractivity (Wildman–Crippen MR) is 220 cm³/mol. The SMILES string of the molecule is CC(=O)NC[C@](O)([C@H](O)[C@H](O)[C@H](O)CO)N1CCC(NC(=O)NCCCCSc2cccc(COC3(c4cnccc4-c4ccccc4OC4CC4)CC3Cl)c2)CC1. The lowest BCUT2D eigenvalue weighted by Gasteiger charge is -2.47. The zero-order chi connectivity index (χ0) is 41.3. The molecule has 0 radical (unpaired) electrons. The number of pyridine rings is 1. The maximum absolute atomic E-state index is 12.7. The van der Waals surface area contributed by atoms with Crippen molar-refractivity contribution in [3.05, 3.63) is 78.1 Å². The number of aliphatic hydroxyl groups is 5. The van der Waals surface area contributed by atoms with E-state index in [2.05, 4.69) is 45.2 Å². The first-order chi connectivity index (χ1) is 27.9. The van der Waals surface area contributed by atoms with E-state index >= 15 is 0 Å². The number of urea groups is 1. The highest BCUT2D eigenvalue weighted by Crippen LogP contribution is 2.56. The van der Waals surface area contributed by atoms with E-state index in [9.17, 15) is 35.1 Å². The molecule has 3 aromatic rings. The van der Waals surface area contributed by atoms with E-state index < -0.39 is 48.7 Å². The van der Waals surface area contributed by atoms with E-state index in [4.69, 9.17) is 21.1 Å². The summed E-state index contributed by atoms with van der Waals surface area (Å²) in [6.07, 6.45) is 3.91. The topological polar surface area (TPSA) is 206 Å². The molecule has 58 heavy (non-hydrogen) atoms. The molecule has 2 heterocycles. The van der Waals surface area contributed by atoms with Gasteiger partial charge in [0, 0.05) is 67.4 Å². The van der Waals surface area contributed by atoms with Crippen molar-refractivity contribution < 1.29 is 44.6 Å². The second-order valence-electron chi connectivity index (χ2n) is 15.4. The van der Waals surface area contributed by atoms with Crippen molar-refractivity contribution in [1.82, 2.24) is 25.8 Å².